The summed E-state index contributed by atoms with van der Waals surface area (Å²) in [6.07, 6.45) is 1.85. The smallest absolute Gasteiger partial charge is 0.230 e. The fourth-order valence-corrected chi connectivity index (χ4v) is 2.24. The fraction of sp³-hybridized carbons (Fsp3) is 0.176. The van der Waals surface area contributed by atoms with E-state index in [2.05, 4.69) is 39.1 Å². The van der Waals surface area contributed by atoms with E-state index in [0.717, 1.165) is 16.6 Å². The third kappa shape index (κ3) is 2.65. The Hall–Kier alpha value is -2.62. The lowest BCUT2D eigenvalue weighted by molar-refractivity contribution is 0.945. The molecule has 0 amide bonds. The molecule has 0 bridgehead atoms. The van der Waals surface area contributed by atoms with E-state index in [1.807, 2.05) is 56.2 Å². The largest absolute Gasteiger partial charge is 0.378 e. The summed E-state index contributed by atoms with van der Waals surface area (Å²) in [5, 5.41) is 0. The monoisotopic (exact) mass is 278 g/mol. The molecule has 0 atom stereocenters. The van der Waals surface area contributed by atoms with Crippen LogP contribution in [0.25, 0.3) is 11.0 Å². The van der Waals surface area contributed by atoms with Gasteiger partial charge in [0.15, 0.2) is 0 Å². The molecule has 0 aliphatic rings. The molecule has 0 saturated carbocycles. The van der Waals surface area contributed by atoms with Crippen LogP contribution in [0.3, 0.4) is 0 Å². The molecule has 0 N–H and O–H groups in total. The van der Waals surface area contributed by atoms with Crippen LogP contribution in [0.2, 0.25) is 0 Å². The summed E-state index contributed by atoms with van der Waals surface area (Å²) in [6.45, 7) is 0. The van der Waals surface area contributed by atoms with Gasteiger partial charge in [-0.1, -0.05) is 24.3 Å². The number of benzene rings is 2. The van der Waals surface area contributed by atoms with Crippen molar-refractivity contribution >= 4 is 28.9 Å². The molecule has 0 fully saturated rings. The molecule has 0 spiro atoms. The molecule has 0 unspecified atom stereocenters. The molecular formula is C17H18N4. The third-order valence-corrected chi connectivity index (χ3v) is 3.50. The molecule has 3 aromatic rings. The molecule has 3 rings (SSSR count). The van der Waals surface area contributed by atoms with Gasteiger partial charge in [-0.2, -0.15) is 0 Å². The zero-order valence-electron chi connectivity index (χ0n) is 12.5. The number of nitrogens with zero attached hydrogens (tertiary/aromatic N) is 4. The van der Waals surface area contributed by atoms with Gasteiger partial charge < -0.3 is 9.47 Å². The van der Waals surface area contributed by atoms with Crippen molar-refractivity contribution in [2.24, 2.45) is 12.0 Å². The van der Waals surface area contributed by atoms with Gasteiger partial charge in [0.2, 0.25) is 5.95 Å². The highest BCUT2D eigenvalue weighted by Crippen LogP contribution is 2.19. The van der Waals surface area contributed by atoms with Crippen molar-refractivity contribution in [2.45, 2.75) is 0 Å². The van der Waals surface area contributed by atoms with Gasteiger partial charge in [-0.25, -0.2) is 9.98 Å². The third-order valence-electron chi connectivity index (χ3n) is 3.50. The molecule has 1 heterocycles. The minimum absolute atomic E-state index is 0.716. The van der Waals surface area contributed by atoms with E-state index in [1.54, 1.807) is 0 Å². The van der Waals surface area contributed by atoms with Crippen molar-refractivity contribution in [1.82, 2.24) is 9.55 Å². The molecule has 0 saturated heterocycles. The Labute approximate surface area is 124 Å². The summed E-state index contributed by atoms with van der Waals surface area (Å²) in [5.74, 6) is 0.716. The molecule has 21 heavy (non-hydrogen) atoms. The first kappa shape index (κ1) is 13.4. The lowest BCUT2D eigenvalue weighted by Gasteiger charge is -2.11. The minimum Gasteiger partial charge on any atom is -0.378 e. The van der Waals surface area contributed by atoms with E-state index in [9.17, 15) is 0 Å². The quantitative estimate of drug-likeness (QED) is 0.688. The molecule has 1 aromatic heterocycles. The van der Waals surface area contributed by atoms with E-state index < -0.39 is 0 Å². The summed E-state index contributed by atoms with van der Waals surface area (Å²) in [6, 6.07) is 16.3. The number of anilines is 1. The SMILES string of the molecule is CN(C)c1ccc(C=Nc2nc3ccccc3n2C)cc1. The number of hydrogen-bond donors (Lipinski definition) is 0. The first-order valence-electron chi connectivity index (χ1n) is 6.88. The Morgan fingerprint density at radius 2 is 1.76 bits per heavy atom. The highest BCUT2D eigenvalue weighted by Gasteiger charge is 2.04. The van der Waals surface area contributed by atoms with Crippen LogP contribution >= 0.6 is 0 Å². The standard InChI is InChI=1S/C17H18N4/c1-20(2)14-10-8-13(9-11-14)12-18-17-19-15-6-4-5-7-16(15)21(17)3/h4-12H,1-3H3. The summed E-state index contributed by atoms with van der Waals surface area (Å²) >= 11 is 0. The maximum Gasteiger partial charge on any atom is 0.230 e. The van der Waals surface area contributed by atoms with Gasteiger partial charge >= 0.3 is 0 Å². The van der Waals surface area contributed by atoms with Crippen LogP contribution in [-0.2, 0) is 7.05 Å². The summed E-state index contributed by atoms with van der Waals surface area (Å²) < 4.78 is 2.00. The van der Waals surface area contributed by atoms with E-state index in [0.29, 0.717) is 5.95 Å². The van der Waals surface area contributed by atoms with Crippen LogP contribution in [0.15, 0.2) is 53.5 Å². The highest BCUT2D eigenvalue weighted by atomic mass is 15.2. The second kappa shape index (κ2) is 5.40. The number of rotatable bonds is 3. The van der Waals surface area contributed by atoms with Crippen LogP contribution < -0.4 is 4.90 Å². The van der Waals surface area contributed by atoms with Crippen molar-refractivity contribution in [3.63, 3.8) is 0 Å². The number of para-hydroxylation sites is 2. The number of aromatic nitrogens is 2. The van der Waals surface area contributed by atoms with Crippen LogP contribution in [0.5, 0.6) is 0 Å². The molecule has 2 aromatic carbocycles. The topological polar surface area (TPSA) is 33.4 Å². The van der Waals surface area contributed by atoms with Crippen LogP contribution in [0.4, 0.5) is 11.6 Å². The van der Waals surface area contributed by atoms with Gasteiger partial charge in [-0.15, -0.1) is 0 Å². The Morgan fingerprint density at radius 1 is 1.05 bits per heavy atom. The summed E-state index contributed by atoms with van der Waals surface area (Å²) in [7, 11) is 6.04. The van der Waals surface area contributed by atoms with Crippen LogP contribution in [0.1, 0.15) is 5.56 Å². The maximum atomic E-state index is 4.53. The highest BCUT2D eigenvalue weighted by molar-refractivity contribution is 5.84. The van der Waals surface area contributed by atoms with E-state index in [4.69, 9.17) is 0 Å². The Bertz CT molecular complexity index is 782. The molecule has 4 nitrogen and oxygen atoms in total. The van der Waals surface area contributed by atoms with E-state index in [-0.39, 0.29) is 0 Å². The number of aliphatic imine (C=N–C) groups is 1. The predicted molar refractivity (Wildman–Crippen MR) is 88.7 cm³/mol. The van der Waals surface area contributed by atoms with Crippen molar-refractivity contribution in [2.75, 3.05) is 19.0 Å². The number of fused-ring (bicyclic) bond motifs is 1. The number of hydrogen-bond acceptors (Lipinski definition) is 3. The lowest BCUT2D eigenvalue weighted by Crippen LogP contribution is -2.08. The minimum atomic E-state index is 0.716. The first-order chi connectivity index (χ1) is 10.1. The number of imidazole rings is 1. The molecule has 106 valence electrons. The second-order valence-corrected chi connectivity index (χ2v) is 5.20. The zero-order chi connectivity index (χ0) is 14.8. The van der Waals surface area contributed by atoms with Crippen LogP contribution in [0, 0.1) is 0 Å². The van der Waals surface area contributed by atoms with Crippen molar-refractivity contribution in [3.8, 4) is 0 Å². The maximum absolute atomic E-state index is 4.53. The van der Waals surface area contributed by atoms with Gasteiger partial charge in [-0.3, -0.25) is 0 Å². The van der Waals surface area contributed by atoms with E-state index in [1.165, 1.54) is 5.69 Å². The fourth-order valence-electron chi connectivity index (χ4n) is 2.24. The lowest BCUT2D eigenvalue weighted by atomic mass is 10.2. The molecule has 0 radical (unpaired) electrons. The zero-order valence-corrected chi connectivity index (χ0v) is 12.5. The van der Waals surface area contributed by atoms with Gasteiger partial charge in [0.1, 0.15) is 0 Å². The van der Waals surface area contributed by atoms with Crippen LogP contribution in [-0.4, -0.2) is 29.9 Å². The predicted octanol–water partition coefficient (Wildman–Crippen LogP) is 3.39. The van der Waals surface area contributed by atoms with Crippen molar-refractivity contribution in [3.05, 3.63) is 54.1 Å². The van der Waals surface area contributed by atoms with Gasteiger partial charge in [0.25, 0.3) is 0 Å². The Morgan fingerprint density at radius 3 is 2.43 bits per heavy atom. The molecule has 0 aliphatic carbocycles. The second-order valence-electron chi connectivity index (χ2n) is 5.20. The Balaban J connectivity index is 1.89. The van der Waals surface area contributed by atoms with E-state index >= 15 is 0 Å². The first-order valence-corrected chi connectivity index (χ1v) is 6.88. The van der Waals surface area contributed by atoms with Gasteiger partial charge in [-0.05, 0) is 29.8 Å². The average Bonchev–Trinajstić information content (AvgIpc) is 2.82. The molecule has 4 heteroatoms. The van der Waals surface area contributed by atoms with Crippen molar-refractivity contribution in [1.29, 1.82) is 0 Å². The summed E-state index contributed by atoms with van der Waals surface area (Å²) in [4.78, 5) is 11.1. The Kier molecular flexibility index (Phi) is 3.44. The molecular weight excluding hydrogens is 260 g/mol. The number of aryl methyl sites for hydroxylation is 1. The average molecular weight is 278 g/mol. The summed E-state index contributed by atoms with van der Waals surface area (Å²) in [5.41, 5.74) is 4.30. The molecule has 0 aliphatic heterocycles. The van der Waals surface area contributed by atoms with Gasteiger partial charge in [0.05, 0.1) is 11.0 Å². The normalized spacial score (nSPS) is 11.4. The van der Waals surface area contributed by atoms with Gasteiger partial charge in [0, 0.05) is 33.0 Å². The van der Waals surface area contributed by atoms with Crippen molar-refractivity contribution < 1.29 is 0 Å².